The molecule has 0 aliphatic rings. The van der Waals surface area contributed by atoms with Gasteiger partial charge in [0.1, 0.15) is 17.7 Å². The van der Waals surface area contributed by atoms with E-state index >= 15 is 0 Å². The Morgan fingerprint density at radius 1 is 1.44 bits per heavy atom. The average molecular weight is 247 g/mol. The SMILES string of the molecule is Nc1cccc(OCC(=O)NCc2ccon2)c1. The molecule has 0 atom stereocenters. The minimum absolute atomic E-state index is 0.0682. The van der Waals surface area contributed by atoms with Gasteiger partial charge in [-0.15, -0.1) is 0 Å². The number of ether oxygens (including phenoxy) is 1. The fraction of sp³-hybridized carbons (Fsp3) is 0.167. The maximum absolute atomic E-state index is 11.5. The summed E-state index contributed by atoms with van der Waals surface area (Å²) in [5.41, 5.74) is 6.84. The number of aromatic nitrogens is 1. The Morgan fingerprint density at radius 3 is 3.06 bits per heavy atom. The molecule has 0 bridgehead atoms. The number of rotatable bonds is 5. The van der Waals surface area contributed by atoms with Gasteiger partial charge in [-0.05, 0) is 12.1 Å². The molecule has 0 radical (unpaired) electrons. The molecule has 94 valence electrons. The number of carbonyl (C=O) groups excluding carboxylic acids is 1. The highest BCUT2D eigenvalue weighted by molar-refractivity contribution is 5.77. The van der Waals surface area contributed by atoms with Crippen LogP contribution in [0.4, 0.5) is 5.69 Å². The lowest BCUT2D eigenvalue weighted by Crippen LogP contribution is -2.28. The van der Waals surface area contributed by atoms with Gasteiger partial charge in [0.2, 0.25) is 0 Å². The molecular weight excluding hydrogens is 234 g/mol. The van der Waals surface area contributed by atoms with Gasteiger partial charge in [0.25, 0.3) is 5.91 Å². The molecule has 18 heavy (non-hydrogen) atoms. The fourth-order valence-electron chi connectivity index (χ4n) is 1.32. The molecule has 2 aromatic rings. The van der Waals surface area contributed by atoms with E-state index in [0.29, 0.717) is 23.7 Å². The van der Waals surface area contributed by atoms with Crippen LogP contribution in [0.1, 0.15) is 5.69 Å². The summed E-state index contributed by atoms with van der Waals surface area (Å²) >= 11 is 0. The summed E-state index contributed by atoms with van der Waals surface area (Å²) in [6.07, 6.45) is 1.45. The Kier molecular flexibility index (Phi) is 3.80. The summed E-state index contributed by atoms with van der Waals surface area (Å²) in [6.45, 7) is 0.247. The number of nitrogens with zero attached hydrogens (tertiary/aromatic N) is 1. The van der Waals surface area contributed by atoms with Crippen molar-refractivity contribution in [1.82, 2.24) is 10.5 Å². The Morgan fingerprint density at radius 2 is 2.33 bits per heavy atom. The van der Waals surface area contributed by atoms with Crippen LogP contribution in [0.5, 0.6) is 5.75 Å². The van der Waals surface area contributed by atoms with Crippen molar-refractivity contribution in [3.05, 3.63) is 42.3 Å². The van der Waals surface area contributed by atoms with Crippen molar-refractivity contribution in [2.24, 2.45) is 0 Å². The van der Waals surface area contributed by atoms with Crippen LogP contribution < -0.4 is 15.8 Å². The standard InChI is InChI=1S/C12H13N3O3/c13-9-2-1-3-11(6-9)17-8-12(16)14-7-10-4-5-18-15-10/h1-6H,7-8,13H2,(H,14,16). The first-order chi connectivity index (χ1) is 8.74. The number of nitrogens with two attached hydrogens (primary N) is 1. The summed E-state index contributed by atoms with van der Waals surface area (Å²) < 4.78 is 9.93. The highest BCUT2D eigenvalue weighted by atomic mass is 16.5. The minimum atomic E-state index is -0.236. The zero-order valence-electron chi connectivity index (χ0n) is 9.63. The normalized spacial score (nSPS) is 10.0. The molecule has 1 heterocycles. The van der Waals surface area contributed by atoms with Gasteiger partial charge in [0.15, 0.2) is 6.61 Å². The molecule has 0 saturated heterocycles. The molecular formula is C12H13N3O3. The van der Waals surface area contributed by atoms with Gasteiger partial charge >= 0.3 is 0 Å². The fourth-order valence-corrected chi connectivity index (χ4v) is 1.32. The number of amides is 1. The highest BCUT2D eigenvalue weighted by Crippen LogP contribution is 2.13. The zero-order valence-corrected chi connectivity index (χ0v) is 9.63. The van der Waals surface area contributed by atoms with Crippen molar-refractivity contribution in [1.29, 1.82) is 0 Å². The quantitative estimate of drug-likeness (QED) is 0.768. The smallest absolute Gasteiger partial charge is 0.258 e. The molecule has 3 N–H and O–H groups in total. The van der Waals surface area contributed by atoms with Gasteiger partial charge in [-0.3, -0.25) is 4.79 Å². The molecule has 6 heteroatoms. The monoisotopic (exact) mass is 247 g/mol. The third-order valence-electron chi connectivity index (χ3n) is 2.19. The molecule has 0 fully saturated rings. The lowest BCUT2D eigenvalue weighted by Gasteiger charge is -2.06. The van der Waals surface area contributed by atoms with Crippen molar-refractivity contribution in [2.45, 2.75) is 6.54 Å². The van der Waals surface area contributed by atoms with E-state index in [1.807, 2.05) is 0 Å². The van der Waals surface area contributed by atoms with Crippen LogP contribution in [0.25, 0.3) is 0 Å². The molecule has 0 saturated carbocycles. The van der Waals surface area contributed by atoms with Gasteiger partial charge in [0, 0.05) is 17.8 Å². The van der Waals surface area contributed by atoms with Gasteiger partial charge in [-0.1, -0.05) is 11.2 Å². The number of anilines is 1. The maximum Gasteiger partial charge on any atom is 0.258 e. The Hall–Kier alpha value is -2.50. The molecule has 0 aliphatic carbocycles. The molecule has 0 unspecified atom stereocenters. The van der Waals surface area contributed by atoms with Crippen molar-refractivity contribution < 1.29 is 14.1 Å². The third kappa shape index (κ3) is 3.51. The van der Waals surface area contributed by atoms with Crippen molar-refractivity contribution in [3.63, 3.8) is 0 Å². The van der Waals surface area contributed by atoms with E-state index in [1.54, 1.807) is 30.3 Å². The maximum atomic E-state index is 11.5. The number of hydrogen-bond acceptors (Lipinski definition) is 5. The Labute approximate surface area is 104 Å². The molecule has 0 spiro atoms. The molecule has 2 rings (SSSR count). The summed E-state index contributed by atoms with van der Waals surface area (Å²) in [5.74, 6) is 0.326. The second kappa shape index (κ2) is 5.72. The van der Waals surface area contributed by atoms with Crippen LogP contribution in [-0.2, 0) is 11.3 Å². The van der Waals surface area contributed by atoms with E-state index < -0.39 is 0 Å². The minimum Gasteiger partial charge on any atom is -0.484 e. The lowest BCUT2D eigenvalue weighted by molar-refractivity contribution is -0.123. The van der Waals surface area contributed by atoms with Crippen LogP contribution in [0.2, 0.25) is 0 Å². The first-order valence-electron chi connectivity index (χ1n) is 5.38. The Bertz CT molecular complexity index is 511. The van der Waals surface area contributed by atoms with E-state index in [-0.39, 0.29) is 12.5 Å². The van der Waals surface area contributed by atoms with Crippen molar-refractivity contribution in [2.75, 3.05) is 12.3 Å². The van der Waals surface area contributed by atoms with Gasteiger partial charge in [0.05, 0.1) is 6.54 Å². The van der Waals surface area contributed by atoms with Crippen LogP contribution in [-0.4, -0.2) is 17.7 Å². The first kappa shape index (κ1) is 12.0. The van der Waals surface area contributed by atoms with E-state index in [1.165, 1.54) is 6.26 Å². The van der Waals surface area contributed by atoms with Gasteiger partial charge in [-0.25, -0.2) is 0 Å². The molecule has 1 aromatic heterocycles. The van der Waals surface area contributed by atoms with Crippen molar-refractivity contribution in [3.8, 4) is 5.75 Å². The summed E-state index contributed by atoms with van der Waals surface area (Å²) in [7, 11) is 0. The van der Waals surface area contributed by atoms with Gasteiger partial charge in [-0.2, -0.15) is 0 Å². The largest absolute Gasteiger partial charge is 0.484 e. The number of carbonyl (C=O) groups is 1. The van der Waals surface area contributed by atoms with Crippen LogP contribution in [0, 0.1) is 0 Å². The number of benzene rings is 1. The topological polar surface area (TPSA) is 90.4 Å². The van der Waals surface area contributed by atoms with E-state index in [0.717, 1.165) is 0 Å². The predicted molar refractivity (Wildman–Crippen MR) is 64.7 cm³/mol. The predicted octanol–water partition coefficient (Wildman–Crippen LogP) is 0.952. The molecule has 1 amide bonds. The first-order valence-corrected chi connectivity index (χ1v) is 5.38. The van der Waals surface area contributed by atoms with E-state index in [9.17, 15) is 4.79 Å². The highest BCUT2D eigenvalue weighted by Gasteiger charge is 2.04. The second-order valence-electron chi connectivity index (χ2n) is 3.63. The number of nitrogen functional groups attached to an aromatic ring is 1. The molecule has 6 nitrogen and oxygen atoms in total. The van der Waals surface area contributed by atoms with E-state index in [2.05, 4.69) is 15.0 Å². The van der Waals surface area contributed by atoms with E-state index in [4.69, 9.17) is 10.5 Å². The van der Waals surface area contributed by atoms with Crippen LogP contribution in [0.3, 0.4) is 0 Å². The third-order valence-corrected chi connectivity index (χ3v) is 2.19. The second-order valence-corrected chi connectivity index (χ2v) is 3.63. The molecule has 0 aliphatic heterocycles. The summed E-state index contributed by atoms with van der Waals surface area (Å²) in [4.78, 5) is 11.5. The number of nitrogens with one attached hydrogen (secondary N) is 1. The zero-order chi connectivity index (χ0) is 12.8. The summed E-state index contributed by atoms with van der Waals surface area (Å²) in [5, 5.41) is 6.32. The van der Waals surface area contributed by atoms with Crippen LogP contribution >= 0.6 is 0 Å². The lowest BCUT2D eigenvalue weighted by atomic mass is 10.3. The van der Waals surface area contributed by atoms with Gasteiger partial charge < -0.3 is 20.3 Å². The van der Waals surface area contributed by atoms with Crippen LogP contribution in [0.15, 0.2) is 41.1 Å². The Balaban J connectivity index is 1.75. The summed E-state index contributed by atoms with van der Waals surface area (Å²) in [6, 6.07) is 8.58. The number of hydrogen-bond donors (Lipinski definition) is 2. The average Bonchev–Trinajstić information content (AvgIpc) is 2.87. The van der Waals surface area contributed by atoms with Crippen molar-refractivity contribution >= 4 is 11.6 Å². The molecule has 1 aromatic carbocycles.